The summed E-state index contributed by atoms with van der Waals surface area (Å²) in [6, 6.07) is 2.09. The Kier molecular flexibility index (Phi) is 4.32. The van der Waals surface area contributed by atoms with Crippen molar-refractivity contribution in [1.82, 2.24) is 14.1 Å². The molecule has 0 saturated heterocycles. The lowest BCUT2D eigenvalue weighted by Gasteiger charge is -2.06. The van der Waals surface area contributed by atoms with Gasteiger partial charge < -0.3 is 9.13 Å². The molecule has 0 unspecified atom stereocenters. The van der Waals surface area contributed by atoms with Crippen molar-refractivity contribution >= 4 is 28.6 Å². The quantitative estimate of drug-likeness (QED) is 0.732. The maximum absolute atomic E-state index is 12.3. The highest BCUT2D eigenvalue weighted by molar-refractivity contribution is 7.09. The number of hydrogen-bond donors (Lipinski definition) is 0. The fraction of sp³-hybridized carbons (Fsp3) is 0.312. The van der Waals surface area contributed by atoms with Gasteiger partial charge in [-0.3, -0.25) is 4.79 Å². The van der Waals surface area contributed by atoms with E-state index in [2.05, 4.69) is 21.4 Å². The minimum Gasteiger partial charge on any atom is -0.339 e. The summed E-state index contributed by atoms with van der Waals surface area (Å²) < 4.78 is 3.85. The Hall–Kier alpha value is -1.99. The molecule has 3 rings (SSSR count). The van der Waals surface area contributed by atoms with Crippen LogP contribution in [0.3, 0.4) is 0 Å². The number of amides is 1. The molecule has 0 fully saturated rings. The van der Waals surface area contributed by atoms with E-state index in [1.165, 1.54) is 11.3 Å². The van der Waals surface area contributed by atoms with Crippen molar-refractivity contribution in [3.05, 3.63) is 44.2 Å². The number of thiazole rings is 2. The SMILES string of the molecule is Cc1nc(-c2cc(C)n(CC(=O)N=c3sccn3C)c2C)cs1. The van der Waals surface area contributed by atoms with Crippen LogP contribution in [0.15, 0.2) is 28.0 Å². The van der Waals surface area contributed by atoms with Crippen LogP contribution >= 0.6 is 22.7 Å². The molecule has 0 aliphatic heterocycles. The van der Waals surface area contributed by atoms with Crippen molar-refractivity contribution in [1.29, 1.82) is 0 Å². The number of aryl methyl sites for hydroxylation is 3. The third-order valence-electron chi connectivity index (χ3n) is 3.74. The van der Waals surface area contributed by atoms with Crippen molar-refractivity contribution < 1.29 is 4.79 Å². The van der Waals surface area contributed by atoms with Crippen LogP contribution in [-0.4, -0.2) is 20.0 Å². The van der Waals surface area contributed by atoms with Crippen LogP contribution in [0, 0.1) is 20.8 Å². The molecule has 0 atom stereocenters. The molecule has 0 aliphatic carbocycles. The zero-order valence-corrected chi connectivity index (χ0v) is 15.2. The van der Waals surface area contributed by atoms with Gasteiger partial charge in [0.15, 0.2) is 4.80 Å². The molecule has 23 heavy (non-hydrogen) atoms. The van der Waals surface area contributed by atoms with Gasteiger partial charge in [0, 0.05) is 41.0 Å². The Labute approximate surface area is 142 Å². The van der Waals surface area contributed by atoms with Gasteiger partial charge in [0.25, 0.3) is 5.91 Å². The van der Waals surface area contributed by atoms with Crippen molar-refractivity contribution in [3.63, 3.8) is 0 Å². The van der Waals surface area contributed by atoms with E-state index < -0.39 is 0 Å². The summed E-state index contributed by atoms with van der Waals surface area (Å²) in [6.07, 6.45) is 1.89. The number of nitrogens with zero attached hydrogens (tertiary/aromatic N) is 4. The Morgan fingerprint density at radius 2 is 2.09 bits per heavy atom. The summed E-state index contributed by atoms with van der Waals surface area (Å²) in [6.45, 7) is 6.28. The fourth-order valence-electron chi connectivity index (χ4n) is 2.50. The first-order chi connectivity index (χ1) is 11.0. The van der Waals surface area contributed by atoms with Crippen molar-refractivity contribution in [2.45, 2.75) is 27.3 Å². The number of rotatable bonds is 3. The van der Waals surface area contributed by atoms with Crippen LogP contribution in [0.1, 0.15) is 16.4 Å². The first-order valence-corrected chi connectivity index (χ1v) is 8.98. The lowest BCUT2D eigenvalue weighted by atomic mass is 10.2. The second kappa shape index (κ2) is 6.25. The third-order valence-corrected chi connectivity index (χ3v) is 5.36. The van der Waals surface area contributed by atoms with E-state index in [-0.39, 0.29) is 12.5 Å². The zero-order chi connectivity index (χ0) is 16.6. The molecule has 1 amide bonds. The molecule has 0 saturated carbocycles. The average molecular weight is 346 g/mol. The van der Waals surface area contributed by atoms with Gasteiger partial charge in [-0.1, -0.05) is 0 Å². The largest absolute Gasteiger partial charge is 0.339 e. The van der Waals surface area contributed by atoms with E-state index >= 15 is 0 Å². The summed E-state index contributed by atoms with van der Waals surface area (Å²) >= 11 is 3.09. The van der Waals surface area contributed by atoms with Gasteiger partial charge in [0.1, 0.15) is 6.54 Å². The monoisotopic (exact) mass is 346 g/mol. The van der Waals surface area contributed by atoms with Gasteiger partial charge >= 0.3 is 0 Å². The van der Waals surface area contributed by atoms with Gasteiger partial charge in [-0.25, -0.2) is 4.98 Å². The molecule has 7 heteroatoms. The molecule has 3 aromatic heterocycles. The van der Waals surface area contributed by atoms with Crippen LogP contribution in [0.4, 0.5) is 0 Å². The Morgan fingerprint density at radius 1 is 1.30 bits per heavy atom. The minimum absolute atomic E-state index is 0.147. The van der Waals surface area contributed by atoms with Crippen LogP contribution in [0.2, 0.25) is 0 Å². The third kappa shape index (κ3) is 3.20. The Morgan fingerprint density at radius 3 is 2.70 bits per heavy atom. The molecule has 3 aromatic rings. The summed E-state index contributed by atoms with van der Waals surface area (Å²) in [4.78, 5) is 21.7. The summed E-state index contributed by atoms with van der Waals surface area (Å²) in [5.74, 6) is -0.147. The normalized spacial score (nSPS) is 12.1. The smallest absolute Gasteiger partial charge is 0.268 e. The van der Waals surface area contributed by atoms with E-state index in [0.717, 1.165) is 27.7 Å². The van der Waals surface area contributed by atoms with Crippen LogP contribution in [0.25, 0.3) is 11.3 Å². The second-order valence-electron chi connectivity index (χ2n) is 5.42. The lowest BCUT2D eigenvalue weighted by Crippen LogP contribution is -2.17. The van der Waals surface area contributed by atoms with E-state index in [0.29, 0.717) is 4.80 Å². The summed E-state index contributed by atoms with van der Waals surface area (Å²) in [5.41, 5.74) is 4.15. The average Bonchev–Trinajstić information content (AvgIpc) is 3.16. The fourth-order valence-corrected chi connectivity index (χ4v) is 3.86. The molecule has 3 heterocycles. The predicted octanol–water partition coefficient (Wildman–Crippen LogP) is 3.06. The van der Waals surface area contributed by atoms with Crippen molar-refractivity contribution in [2.24, 2.45) is 12.0 Å². The molecule has 5 nitrogen and oxygen atoms in total. The molecular formula is C16H18N4OS2. The molecule has 120 valence electrons. The zero-order valence-electron chi connectivity index (χ0n) is 13.5. The molecule has 0 radical (unpaired) electrons. The van der Waals surface area contributed by atoms with Gasteiger partial charge in [0.2, 0.25) is 0 Å². The highest BCUT2D eigenvalue weighted by atomic mass is 32.1. The molecule has 0 spiro atoms. The molecular weight excluding hydrogens is 328 g/mol. The van der Waals surface area contributed by atoms with Crippen LogP contribution < -0.4 is 4.80 Å². The number of carbonyl (C=O) groups excluding carboxylic acids is 1. The molecule has 0 N–H and O–H groups in total. The highest BCUT2D eigenvalue weighted by Gasteiger charge is 2.15. The summed E-state index contributed by atoms with van der Waals surface area (Å²) in [7, 11) is 1.89. The Bertz CT molecular complexity index is 926. The standard InChI is InChI=1S/C16H18N4OS2/c1-10-7-13(14-9-23-12(3)17-14)11(2)20(10)8-15(21)18-16-19(4)5-6-22-16/h5-7,9H,8H2,1-4H3. The molecule has 0 bridgehead atoms. The Balaban J connectivity index is 1.91. The summed E-state index contributed by atoms with van der Waals surface area (Å²) in [5, 5.41) is 5.02. The second-order valence-corrected chi connectivity index (χ2v) is 7.36. The topological polar surface area (TPSA) is 52.2 Å². The van der Waals surface area contributed by atoms with Gasteiger partial charge in [-0.2, -0.15) is 4.99 Å². The maximum Gasteiger partial charge on any atom is 0.268 e. The van der Waals surface area contributed by atoms with Crippen molar-refractivity contribution in [2.75, 3.05) is 0 Å². The van der Waals surface area contributed by atoms with E-state index in [1.54, 1.807) is 11.3 Å². The van der Waals surface area contributed by atoms with Crippen LogP contribution in [-0.2, 0) is 18.4 Å². The maximum atomic E-state index is 12.3. The first-order valence-electron chi connectivity index (χ1n) is 7.22. The van der Waals surface area contributed by atoms with Gasteiger partial charge in [0.05, 0.1) is 10.7 Å². The molecule has 0 aromatic carbocycles. The van der Waals surface area contributed by atoms with Gasteiger partial charge in [-0.15, -0.1) is 22.7 Å². The number of hydrogen-bond acceptors (Lipinski definition) is 4. The van der Waals surface area contributed by atoms with E-state index in [1.807, 2.05) is 48.5 Å². The highest BCUT2D eigenvalue weighted by Crippen LogP contribution is 2.27. The van der Waals surface area contributed by atoms with Crippen molar-refractivity contribution in [3.8, 4) is 11.3 Å². The number of carbonyl (C=O) groups is 1. The molecule has 0 aliphatic rings. The van der Waals surface area contributed by atoms with Crippen LogP contribution in [0.5, 0.6) is 0 Å². The van der Waals surface area contributed by atoms with Gasteiger partial charge in [-0.05, 0) is 26.8 Å². The van der Waals surface area contributed by atoms with E-state index in [9.17, 15) is 4.79 Å². The predicted molar refractivity (Wildman–Crippen MR) is 93.6 cm³/mol. The minimum atomic E-state index is -0.147. The lowest BCUT2D eigenvalue weighted by molar-refractivity contribution is -0.118. The number of aromatic nitrogens is 3. The van der Waals surface area contributed by atoms with E-state index in [4.69, 9.17) is 0 Å². The first kappa shape index (κ1) is 15.9.